The SMILES string of the molecule is CCC(C)NC(=NC)NCCC(=O)N1CCCC(C)C1.I. The van der Waals surface area contributed by atoms with E-state index < -0.39 is 0 Å². The molecule has 0 bridgehead atoms. The van der Waals surface area contributed by atoms with Crippen LogP contribution < -0.4 is 10.6 Å². The van der Waals surface area contributed by atoms with Crippen molar-refractivity contribution >= 4 is 35.8 Å². The molecule has 6 heteroatoms. The molecule has 2 atom stereocenters. The molecule has 2 N–H and O–H groups in total. The van der Waals surface area contributed by atoms with Crippen molar-refractivity contribution in [3.8, 4) is 0 Å². The molecule has 21 heavy (non-hydrogen) atoms. The highest BCUT2D eigenvalue weighted by Crippen LogP contribution is 2.15. The fourth-order valence-electron chi connectivity index (χ4n) is 2.39. The molecule has 1 heterocycles. The zero-order chi connectivity index (χ0) is 15.0. The maximum Gasteiger partial charge on any atom is 0.224 e. The summed E-state index contributed by atoms with van der Waals surface area (Å²) < 4.78 is 0. The van der Waals surface area contributed by atoms with Crippen LogP contribution in [0.25, 0.3) is 0 Å². The lowest BCUT2D eigenvalue weighted by Crippen LogP contribution is -2.44. The van der Waals surface area contributed by atoms with E-state index in [9.17, 15) is 4.79 Å². The maximum absolute atomic E-state index is 12.1. The van der Waals surface area contributed by atoms with Crippen LogP contribution in [0.4, 0.5) is 0 Å². The number of rotatable bonds is 5. The highest BCUT2D eigenvalue weighted by atomic mass is 127. The molecule has 2 unspecified atom stereocenters. The Morgan fingerprint density at radius 1 is 1.48 bits per heavy atom. The molecule has 0 spiro atoms. The number of carbonyl (C=O) groups is 1. The molecule has 1 saturated heterocycles. The van der Waals surface area contributed by atoms with Crippen LogP contribution >= 0.6 is 24.0 Å². The molecule has 1 aliphatic rings. The van der Waals surface area contributed by atoms with Crippen LogP contribution in [0.1, 0.15) is 46.5 Å². The Kier molecular flexibility index (Phi) is 10.8. The summed E-state index contributed by atoms with van der Waals surface area (Å²) in [5.41, 5.74) is 0. The molecule has 1 fully saturated rings. The standard InChI is InChI=1S/C15H30N4O.HI/c1-5-13(3)18-15(16-4)17-9-8-14(20)19-10-6-7-12(2)11-19;/h12-13H,5-11H2,1-4H3,(H2,16,17,18);1H. The molecule has 0 aromatic carbocycles. The highest BCUT2D eigenvalue weighted by molar-refractivity contribution is 14.0. The van der Waals surface area contributed by atoms with Gasteiger partial charge in [0.05, 0.1) is 0 Å². The van der Waals surface area contributed by atoms with Gasteiger partial charge in [0, 0.05) is 39.1 Å². The van der Waals surface area contributed by atoms with Gasteiger partial charge in [-0.2, -0.15) is 0 Å². The molecule has 5 nitrogen and oxygen atoms in total. The zero-order valence-electron chi connectivity index (χ0n) is 13.8. The van der Waals surface area contributed by atoms with Crippen LogP contribution in [0.15, 0.2) is 4.99 Å². The normalized spacial score (nSPS) is 20.5. The fourth-order valence-corrected chi connectivity index (χ4v) is 2.39. The van der Waals surface area contributed by atoms with Gasteiger partial charge in [0.25, 0.3) is 0 Å². The summed E-state index contributed by atoms with van der Waals surface area (Å²) in [7, 11) is 1.76. The van der Waals surface area contributed by atoms with Gasteiger partial charge in [-0.25, -0.2) is 0 Å². The van der Waals surface area contributed by atoms with E-state index in [0.29, 0.717) is 24.9 Å². The molecule has 1 aliphatic heterocycles. The lowest BCUT2D eigenvalue weighted by molar-refractivity contribution is -0.132. The van der Waals surface area contributed by atoms with E-state index in [1.807, 2.05) is 4.90 Å². The van der Waals surface area contributed by atoms with Crippen LogP contribution in [0.3, 0.4) is 0 Å². The minimum atomic E-state index is 0. The van der Waals surface area contributed by atoms with E-state index in [0.717, 1.165) is 31.9 Å². The van der Waals surface area contributed by atoms with Crippen molar-refractivity contribution in [1.29, 1.82) is 0 Å². The third-order valence-electron chi connectivity index (χ3n) is 3.86. The Morgan fingerprint density at radius 2 is 2.19 bits per heavy atom. The monoisotopic (exact) mass is 410 g/mol. The average molecular weight is 410 g/mol. The third kappa shape index (κ3) is 7.87. The number of nitrogens with zero attached hydrogens (tertiary/aromatic N) is 2. The van der Waals surface area contributed by atoms with Crippen molar-refractivity contribution in [2.45, 2.75) is 52.5 Å². The quantitative estimate of drug-likeness (QED) is 0.415. The van der Waals surface area contributed by atoms with E-state index in [4.69, 9.17) is 0 Å². The summed E-state index contributed by atoms with van der Waals surface area (Å²) in [4.78, 5) is 18.3. The molecular weight excluding hydrogens is 379 g/mol. The number of hydrogen-bond acceptors (Lipinski definition) is 2. The van der Waals surface area contributed by atoms with Crippen LogP contribution in [-0.4, -0.2) is 49.5 Å². The Balaban J connectivity index is 0.00000400. The number of piperidine rings is 1. The van der Waals surface area contributed by atoms with Gasteiger partial charge < -0.3 is 15.5 Å². The summed E-state index contributed by atoms with van der Waals surface area (Å²) in [6.45, 7) is 8.94. The van der Waals surface area contributed by atoms with Gasteiger partial charge in [-0.15, -0.1) is 24.0 Å². The minimum absolute atomic E-state index is 0. The van der Waals surface area contributed by atoms with E-state index in [1.54, 1.807) is 7.05 Å². The number of likely N-dealkylation sites (tertiary alicyclic amines) is 1. The van der Waals surface area contributed by atoms with Crippen molar-refractivity contribution in [3.63, 3.8) is 0 Å². The number of amides is 1. The van der Waals surface area contributed by atoms with Gasteiger partial charge >= 0.3 is 0 Å². The smallest absolute Gasteiger partial charge is 0.224 e. The number of halogens is 1. The third-order valence-corrected chi connectivity index (χ3v) is 3.86. The number of carbonyl (C=O) groups excluding carboxylic acids is 1. The molecule has 0 aromatic heterocycles. The van der Waals surface area contributed by atoms with Crippen LogP contribution in [0.5, 0.6) is 0 Å². The summed E-state index contributed by atoms with van der Waals surface area (Å²) in [5, 5.41) is 6.50. The first-order chi connectivity index (χ1) is 9.56. The summed E-state index contributed by atoms with van der Waals surface area (Å²) >= 11 is 0. The maximum atomic E-state index is 12.1. The van der Waals surface area contributed by atoms with E-state index in [-0.39, 0.29) is 29.9 Å². The second kappa shape index (κ2) is 11.1. The number of hydrogen-bond donors (Lipinski definition) is 2. The topological polar surface area (TPSA) is 56.7 Å². The zero-order valence-corrected chi connectivity index (χ0v) is 16.1. The van der Waals surface area contributed by atoms with Gasteiger partial charge in [0.1, 0.15) is 0 Å². The largest absolute Gasteiger partial charge is 0.356 e. The minimum Gasteiger partial charge on any atom is -0.356 e. The lowest BCUT2D eigenvalue weighted by Gasteiger charge is -2.31. The second-order valence-electron chi connectivity index (χ2n) is 5.79. The highest BCUT2D eigenvalue weighted by Gasteiger charge is 2.20. The summed E-state index contributed by atoms with van der Waals surface area (Å²) in [6.07, 6.45) is 3.96. The van der Waals surface area contributed by atoms with Crippen LogP contribution in [0.2, 0.25) is 0 Å². The van der Waals surface area contributed by atoms with Crippen molar-refractivity contribution in [1.82, 2.24) is 15.5 Å². The van der Waals surface area contributed by atoms with Crippen molar-refractivity contribution < 1.29 is 4.79 Å². The van der Waals surface area contributed by atoms with Gasteiger partial charge in [-0.1, -0.05) is 13.8 Å². The molecular formula is C15H31IN4O. The van der Waals surface area contributed by atoms with E-state index >= 15 is 0 Å². The summed E-state index contributed by atoms with van der Waals surface area (Å²) in [5.74, 6) is 1.67. The Bertz CT molecular complexity index is 336. The molecule has 0 aromatic rings. The molecule has 124 valence electrons. The van der Waals surface area contributed by atoms with E-state index in [2.05, 4.69) is 36.4 Å². The Labute approximate surface area is 146 Å². The van der Waals surface area contributed by atoms with Crippen molar-refractivity contribution in [3.05, 3.63) is 0 Å². The first-order valence-corrected chi connectivity index (χ1v) is 7.81. The lowest BCUT2D eigenvalue weighted by atomic mass is 10.00. The number of nitrogens with one attached hydrogen (secondary N) is 2. The Morgan fingerprint density at radius 3 is 2.76 bits per heavy atom. The Hall–Kier alpha value is -0.530. The number of aliphatic imine (C=N–C) groups is 1. The van der Waals surface area contributed by atoms with Gasteiger partial charge in [-0.05, 0) is 32.1 Å². The predicted molar refractivity (Wildman–Crippen MR) is 99.3 cm³/mol. The van der Waals surface area contributed by atoms with Crippen LogP contribution in [0, 0.1) is 5.92 Å². The van der Waals surface area contributed by atoms with Gasteiger partial charge in [0.15, 0.2) is 5.96 Å². The van der Waals surface area contributed by atoms with Gasteiger partial charge in [0.2, 0.25) is 5.91 Å². The molecule has 0 saturated carbocycles. The van der Waals surface area contributed by atoms with E-state index in [1.165, 1.54) is 6.42 Å². The average Bonchev–Trinajstić information content (AvgIpc) is 2.45. The van der Waals surface area contributed by atoms with Crippen molar-refractivity contribution in [2.24, 2.45) is 10.9 Å². The molecule has 0 radical (unpaired) electrons. The van der Waals surface area contributed by atoms with Gasteiger partial charge in [-0.3, -0.25) is 9.79 Å². The molecule has 0 aliphatic carbocycles. The molecule has 1 amide bonds. The fraction of sp³-hybridized carbons (Fsp3) is 0.867. The second-order valence-corrected chi connectivity index (χ2v) is 5.79. The number of guanidine groups is 1. The first kappa shape index (κ1) is 20.5. The van der Waals surface area contributed by atoms with Crippen LogP contribution in [-0.2, 0) is 4.79 Å². The first-order valence-electron chi connectivity index (χ1n) is 7.81. The molecule has 1 rings (SSSR count). The predicted octanol–water partition coefficient (Wildman–Crippen LogP) is 2.22. The van der Waals surface area contributed by atoms with Crippen molar-refractivity contribution in [2.75, 3.05) is 26.7 Å². The summed E-state index contributed by atoms with van der Waals surface area (Å²) in [6, 6.07) is 0.389.